The number of amides is 1. The van der Waals surface area contributed by atoms with E-state index in [4.69, 9.17) is 23.2 Å². The molecule has 138 valence electrons. The number of likely N-dealkylation sites (tertiary alicyclic amines) is 1. The molecule has 0 unspecified atom stereocenters. The Balaban J connectivity index is 1.92. The second-order valence-corrected chi connectivity index (χ2v) is 8.73. The number of rotatable bonds is 4. The minimum absolute atomic E-state index is 0.0108. The molecule has 1 heterocycles. The van der Waals surface area contributed by atoms with E-state index in [1.165, 1.54) is 24.3 Å². The zero-order valence-electron chi connectivity index (χ0n) is 14.1. The van der Waals surface area contributed by atoms with Crippen molar-refractivity contribution in [2.75, 3.05) is 17.8 Å². The van der Waals surface area contributed by atoms with Crippen LogP contribution in [0.5, 0.6) is 0 Å². The monoisotopic (exact) mass is 412 g/mol. The summed E-state index contributed by atoms with van der Waals surface area (Å²) in [7, 11) is -3.89. The van der Waals surface area contributed by atoms with Crippen LogP contribution in [-0.4, -0.2) is 32.3 Å². The van der Waals surface area contributed by atoms with Crippen molar-refractivity contribution >= 4 is 44.8 Å². The van der Waals surface area contributed by atoms with Crippen LogP contribution in [-0.2, 0) is 10.0 Å². The molecular weight excluding hydrogens is 395 g/mol. The van der Waals surface area contributed by atoms with Crippen LogP contribution in [0.4, 0.5) is 5.69 Å². The Bertz CT molecular complexity index is 955. The SMILES string of the molecule is Cc1ccc(S(=O)(=O)Nc2ccc(Cl)cc2Cl)cc1C(=O)N1CCCC1. The van der Waals surface area contributed by atoms with E-state index in [2.05, 4.69) is 4.72 Å². The fourth-order valence-electron chi connectivity index (χ4n) is 2.87. The van der Waals surface area contributed by atoms with Crippen LogP contribution >= 0.6 is 23.2 Å². The van der Waals surface area contributed by atoms with Crippen LogP contribution in [0.25, 0.3) is 0 Å². The molecule has 1 aliphatic rings. The molecule has 8 heteroatoms. The Morgan fingerprint density at radius 2 is 1.77 bits per heavy atom. The molecule has 1 amide bonds. The van der Waals surface area contributed by atoms with Gasteiger partial charge in [0.25, 0.3) is 15.9 Å². The van der Waals surface area contributed by atoms with E-state index in [0.29, 0.717) is 23.7 Å². The highest BCUT2D eigenvalue weighted by Crippen LogP contribution is 2.28. The number of anilines is 1. The van der Waals surface area contributed by atoms with Crippen LogP contribution in [0.1, 0.15) is 28.8 Å². The first-order chi connectivity index (χ1) is 12.3. The largest absolute Gasteiger partial charge is 0.339 e. The lowest BCUT2D eigenvalue weighted by Gasteiger charge is -2.18. The van der Waals surface area contributed by atoms with E-state index in [0.717, 1.165) is 18.4 Å². The number of aryl methyl sites for hydroxylation is 1. The first-order valence-corrected chi connectivity index (χ1v) is 10.4. The summed E-state index contributed by atoms with van der Waals surface area (Å²) in [6, 6.07) is 9.03. The van der Waals surface area contributed by atoms with Gasteiger partial charge in [-0.1, -0.05) is 29.3 Å². The molecule has 0 spiro atoms. The van der Waals surface area contributed by atoms with Gasteiger partial charge in [0.05, 0.1) is 15.6 Å². The van der Waals surface area contributed by atoms with Gasteiger partial charge in [-0.05, 0) is 55.7 Å². The Labute approximate surface area is 163 Å². The maximum atomic E-state index is 12.7. The summed E-state index contributed by atoms with van der Waals surface area (Å²) in [6.07, 6.45) is 1.94. The van der Waals surface area contributed by atoms with E-state index >= 15 is 0 Å². The first kappa shape index (κ1) is 19.0. The standard InChI is InChI=1S/C18H18Cl2N2O3S/c1-12-4-6-14(11-15(12)18(23)22-8-2-3-9-22)26(24,25)21-17-7-5-13(19)10-16(17)20/h4-7,10-11,21H,2-3,8-9H2,1H3. The fraction of sp³-hybridized carbons (Fsp3) is 0.278. The van der Waals surface area contributed by atoms with Crippen LogP contribution in [0.3, 0.4) is 0 Å². The topological polar surface area (TPSA) is 66.5 Å². The molecule has 0 aromatic heterocycles. The number of nitrogens with one attached hydrogen (secondary N) is 1. The third kappa shape index (κ3) is 3.98. The van der Waals surface area contributed by atoms with Gasteiger partial charge in [0, 0.05) is 23.7 Å². The van der Waals surface area contributed by atoms with E-state index < -0.39 is 10.0 Å². The molecule has 0 bridgehead atoms. The average Bonchev–Trinajstić information content (AvgIpc) is 3.11. The van der Waals surface area contributed by atoms with Crippen molar-refractivity contribution < 1.29 is 13.2 Å². The molecule has 0 saturated carbocycles. The van der Waals surface area contributed by atoms with E-state index in [9.17, 15) is 13.2 Å². The van der Waals surface area contributed by atoms with Gasteiger partial charge >= 0.3 is 0 Å². The van der Waals surface area contributed by atoms with Crippen molar-refractivity contribution in [1.29, 1.82) is 0 Å². The maximum Gasteiger partial charge on any atom is 0.261 e. The van der Waals surface area contributed by atoms with Gasteiger partial charge in [-0.3, -0.25) is 9.52 Å². The Morgan fingerprint density at radius 3 is 2.42 bits per heavy atom. The molecule has 0 atom stereocenters. The molecule has 1 fully saturated rings. The summed E-state index contributed by atoms with van der Waals surface area (Å²) in [5.41, 5.74) is 1.37. The number of benzene rings is 2. The van der Waals surface area contributed by atoms with Crippen LogP contribution in [0, 0.1) is 6.92 Å². The molecule has 26 heavy (non-hydrogen) atoms. The number of hydrogen-bond acceptors (Lipinski definition) is 3. The zero-order chi connectivity index (χ0) is 18.9. The van der Waals surface area contributed by atoms with Gasteiger partial charge in [0.2, 0.25) is 0 Å². The minimum Gasteiger partial charge on any atom is -0.339 e. The number of sulfonamides is 1. The normalized spacial score (nSPS) is 14.5. The highest BCUT2D eigenvalue weighted by molar-refractivity contribution is 7.92. The second-order valence-electron chi connectivity index (χ2n) is 6.21. The number of carbonyl (C=O) groups excluding carboxylic acids is 1. The summed E-state index contributed by atoms with van der Waals surface area (Å²) in [5.74, 6) is -0.137. The lowest BCUT2D eigenvalue weighted by atomic mass is 10.1. The Kier molecular flexibility index (Phi) is 5.46. The van der Waals surface area contributed by atoms with E-state index in [1.807, 2.05) is 0 Å². The Hall–Kier alpha value is -1.76. The maximum absolute atomic E-state index is 12.7. The van der Waals surface area contributed by atoms with Crippen molar-refractivity contribution in [2.24, 2.45) is 0 Å². The first-order valence-electron chi connectivity index (χ1n) is 8.16. The van der Waals surface area contributed by atoms with Crippen LogP contribution in [0.15, 0.2) is 41.3 Å². The summed E-state index contributed by atoms with van der Waals surface area (Å²) in [5, 5.41) is 0.605. The predicted molar refractivity (Wildman–Crippen MR) is 104 cm³/mol. The summed E-state index contributed by atoms with van der Waals surface area (Å²) in [4.78, 5) is 14.4. The second kappa shape index (κ2) is 7.47. The van der Waals surface area contributed by atoms with Crippen molar-refractivity contribution in [1.82, 2.24) is 4.90 Å². The molecule has 3 rings (SSSR count). The lowest BCUT2D eigenvalue weighted by Crippen LogP contribution is -2.28. The fourth-order valence-corrected chi connectivity index (χ4v) is 4.48. The van der Waals surface area contributed by atoms with Crippen LogP contribution < -0.4 is 4.72 Å². The van der Waals surface area contributed by atoms with Crippen molar-refractivity contribution in [3.05, 3.63) is 57.6 Å². The van der Waals surface area contributed by atoms with Gasteiger partial charge in [-0.15, -0.1) is 0 Å². The van der Waals surface area contributed by atoms with Crippen molar-refractivity contribution in [2.45, 2.75) is 24.7 Å². The summed E-state index contributed by atoms with van der Waals surface area (Å²) in [6.45, 7) is 3.20. The van der Waals surface area contributed by atoms with E-state index in [-0.39, 0.29) is 21.5 Å². The number of nitrogens with zero attached hydrogens (tertiary/aromatic N) is 1. The molecule has 2 aromatic carbocycles. The van der Waals surface area contributed by atoms with Gasteiger partial charge < -0.3 is 4.90 Å². The minimum atomic E-state index is -3.89. The van der Waals surface area contributed by atoms with Crippen LogP contribution in [0.2, 0.25) is 10.0 Å². The average molecular weight is 413 g/mol. The number of halogens is 2. The molecule has 1 N–H and O–H groups in total. The molecular formula is C18H18Cl2N2O3S. The van der Waals surface area contributed by atoms with Gasteiger partial charge in [-0.25, -0.2) is 8.42 Å². The Morgan fingerprint density at radius 1 is 1.08 bits per heavy atom. The smallest absolute Gasteiger partial charge is 0.261 e. The summed E-state index contributed by atoms with van der Waals surface area (Å²) < 4.78 is 27.9. The highest BCUT2D eigenvalue weighted by atomic mass is 35.5. The summed E-state index contributed by atoms with van der Waals surface area (Å²) >= 11 is 11.9. The quantitative estimate of drug-likeness (QED) is 0.811. The third-order valence-corrected chi connectivity index (χ3v) is 6.23. The predicted octanol–water partition coefficient (Wildman–Crippen LogP) is 4.34. The van der Waals surface area contributed by atoms with Gasteiger partial charge in [0.1, 0.15) is 0 Å². The molecule has 0 aliphatic carbocycles. The molecule has 2 aromatic rings. The lowest BCUT2D eigenvalue weighted by molar-refractivity contribution is 0.0792. The molecule has 0 radical (unpaired) electrons. The van der Waals surface area contributed by atoms with Crippen molar-refractivity contribution in [3.8, 4) is 0 Å². The van der Waals surface area contributed by atoms with Gasteiger partial charge in [-0.2, -0.15) is 0 Å². The molecule has 1 saturated heterocycles. The van der Waals surface area contributed by atoms with Crippen molar-refractivity contribution in [3.63, 3.8) is 0 Å². The molecule has 5 nitrogen and oxygen atoms in total. The molecule has 1 aliphatic heterocycles. The zero-order valence-corrected chi connectivity index (χ0v) is 16.5. The number of hydrogen-bond donors (Lipinski definition) is 1. The van der Waals surface area contributed by atoms with Gasteiger partial charge in [0.15, 0.2) is 0 Å². The van der Waals surface area contributed by atoms with E-state index in [1.54, 1.807) is 24.0 Å². The highest BCUT2D eigenvalue weighted by Gasteiger charge is 2.24. The third-order valence-electron chi connectivity index (χ3n) is 4.32. The number of carbonyl (C=O) groups is 1.